The Labute approximate surface area is 90.5 Å². The van der Waals surface area contributed by atoms with E-state index >= 15 is 0 Å². The minimum atomic E-state index is -0.242. The Morgan fingerprint density at radius 3 is 2.87 bits per heavy atom. The first-order chi connectivity index (χ1) is 7.20. The lowest BCUT2D eigenvalue weighted by molar-refractivity contribution is -0.167. The molecule has 4 rings (SSSR count). The number of amides is 1. The fourth-order valence-electron chi connectivity index (χ4n) is 4.06. The van der Waals surface area contributed by atoms with Crippen LogP contribution < -0.4 is 0 Å². The van der Waals surface area contributed by atoms with Crippen LogP contribution in [0.1, 0.15) is 39.0 Å². The number of carbonyl (C=O) groups excluding carboxylic acids is 1. The molecule has 2 aliphatic carbocycles. The van der Waals surface area contributed by atoms with Crippen LogP contribution >= 0.6 is 0 Å². The van der Waals surface area contributed by atoms with E-state index in [-0.39, 0.29) is 18.1 Å². The molecular formula is C12H19NO2. The lowest BCUT2D eigenvalue weighted by Gasteiger charge is -2.58. The topological polar surface area (TPSA) is 40.5 Å². The molecule has 0 unspecified atom stereocenters. The standard InChI is InChI=1S/C12H19NO2/c1-2-11(14)13-9-4-7-3-8(6-9)12(15)10(13)5-7/h7-10,12,15H,2-6H2,1H3/t7-,8+,9-,10+,12+/m0/s1. The van der Waals surface area contributed by atoms with Crippen molar-refractivity contribution >= 4 is 5.91 Å². The lowest BCUT2D eigenvalue weighted by Crippen LogP contribution is -2.66. The van der Waals surface area contributed by atoms with Crippen molar-refractivity contribution in [2.24, 2.45) is 11.8 Å². The summed E-state index contributed by atoms with van der Waals surface area (Å²) >= 11 is 0. The highest BCUT2D eigenvalue weighted by Gasteiger charge is 2.52. The molecule has 2 saturated heterocycles. The second-order valence-corrected chi connectivity index (χ2v) is 5.44. The van der Waals surface area contributed by atoms with Gasteiger partial charge in [0.25, 0.3) is 0 Å². The molecule has 0 aromatic carbocycles. The van der Waals surface area contributed by atoms with E-state index in [2.05, 4.69) is 0 Å². The number of hydrogen-bond acceptors (Lipinski definition) is 2. The number of aliphatic hydroxyl groups is 1. The van der Waals surface area contributed by atoms with Crippen LogP contribution in [-0.4, -0.2) is 34.1 Å². The molecule has 15 heavy (non-hydrogen) atoms. The van der Waals surface area contributed by atoms with Crippen LogP contribution in [0.25, 0.3) is 0 Å². The van der Waals surface area contributed by atoms with E-state index in [1.54, 1.807) is 0 Å². The number of nitrogens with zero attached hydrogens (tertiary/aromatic N) is 1. The third-order valence-corrected chi connectivity index (χ3v) is 4.61. The zero-order valence-corrected chi connectivity index (χ0v) is 9.22. The highest BCUT2D eigenvalue weighted by molar-refractivity contribution is 5.77. The summed E-state index contributed by atoms with van der Waals surface area (Å²) in [6.45, 7) is 1.92. The number of carbonyl (C=O) groups is 1. The highest BCUT2D eigenvalue weighted by atomic mass is 16.3. The Bertz CT molecular complexity index is 291. The van der Waals surface area contributed by atoms with E-state index in [0.717, 1.165) is 18.8 Å². The van der Waals surface area contributed by atoms with Gasteiger partial charge in [0.15, 0.2) is 0 Å². The van der Waals surface area contributed by atoms with Crippen molar-refractivity contribution in [1.29, 1.82) is 0 Å². The molecule has 2 heterocycles. The molecule has 5 atom stereocenters. The molecule has 3 heteroatoms. The van der Waals surface area contributed by atoms with Gasteiger partial charge in [0.1, 0.15) is 0 Å². The van der Waals surface area contributed by atoms with Crippen molar-refractivity contribution in [3.63, 3.8) is 0 Å². The third kappa shape index (κ3) is 1.25. The minimum absolute atomic E-state index is 0.147. The van der Waals surface area contributed by atoms with Crippen molar-refractivity contribution in [1.82, 2.24) is 4.90 Å². The fraction of sp³-hybridized carbons (Fsp3) is 0.917. The third-order valence-electron chi connectivity index (χ3n) is 4.61. The van der Waals surface area contributed by atoms with E-state index in [4.69, 9.17) is 0 Å². The van der Waals surface area contributed by atoms with Crippen molar-refractivity contribution in [2.75, 3.05) is 0 Å². The summed E-state index contributed by atoms with van der Waals surface area (Å²) in [6.07, 6.45) is 4.80. The van der Waals surface area contributed by atoms with Crippen LogP contribution in [0, 0.1) is 11.8 Å². The predicted molar refractivity (Wildman–Crippen MR) is 56.2 cm³/mol. The molecule has 3 nitrogen and oxygen atoms in total. The molecule has 4 fully saturated rings. The lowest BCUT2D eigenvalue weighted by atomic mass is 9.62. The quantitative estimate of drug-likeness (QED) is 0.704. The van der Waals surface area contributed by atoms with Crippen molar-refractivity contribution in [2.45, 2.75) is 57.2 Å². The van der Waals surface area contributed by atoms with E-state index in [0.29, 0.717) is 18.4 Å². The minimum Gasteiger partial charge on any atom is -0.391 e. The fourth-order valence-corrected chi connectivity index (χ4v) is 4.06. The average molecular weight is 209 g/mol. The smallest absolute Gasteiger partial charge is 0.222 e. The summed E-state index contributed by atoms with van der Waals surface area (Å²) in [4.78, 5) is 13.9. The van der Waals surface area contributed by atoms with Gasteiger partial charge in [-0.3, -0.25) is 4.79 Å². The molecule has 1 N–H and O–H groups in total. The number of aliphatic hydroxyl groups excluding tert-OH is 1. The van der Waals surface area contributed by atoms with Crippen molar-refractivity contribution in [3.8, 4) is 0 Å². The molecule has 1 amide bonds. The molecule has 2 aliphatic heterocycles. The van der Waals surface area contributed by atoms with E-state index in [1.165, 1.54) is 12.8 Å². The van der Waals surface area contributed by atoms with Gasteiger partial charge in [0.2, 0.25) is 5.91 Å². The number of hydrogen-bond donors (Lipinski definition) is 1. The Morgan fingerprint density at radius 1 is 1.33 bits per heavy atom. The summed E-state index contributed by atoms with van der Waals surface area (Å²) in [7, 11) is 0. The van der Waals surface area contributed by atoms with Gasteiger partial charge in [-0.15, -0.1) is 0 Å². The largest absolute Gasteiger partial charge is 0.391 e. The molecule has 84 valence electrons. The summed E-state index contributed by atoms with van der Waals surface area (Å²) in [5, 5.41) is 10.1. The molecule has 4 aliphatic rings. The van der Waals surface area contributed by atoms with E-state index in [1.807, 2.05) is 11.8 Å². The van der Waals surface area contributed by atoms with Gasteiger partial charge in [-0.05, 0) is 37.5 Å². The zero-order chi connectivity index (χ0) is 10.6. The summed E-state index contributed by atoms with van der Waals surface area (Å²) < 4.78 is 0. The van der Waals surface area contributed by atoms with Crippen molar-refractivity contribution < 1.29 is 9.90 Å². The van der Waals surface area contributed by atoms with E-state index in [9.17, 15) is 9.90 Å². The van der Waals surface area contributed by atoms with Gasteiger partial charge in [-0.25, -0.2) is 0 Å². The Balaban J connectivity index is 1.89. The first-order valence-electron chi connectivity index (χ1n) is 6.20. The van der Waals surface area contributed by atoms with Crippen LogP contribution in [0.15, 0.2) is 0 Å². The van der Waals surface area contributed by atoms with Crippen LogP contribution in [0.2, 0.25) is 0 Å². The second kappa shape index (κ2) is 3.21. The molecule has 0 spiro atoms. The maximum Gasteiger partial charge on any atom is 0.222 e. The molecule has 0 aromatic heterocycles. The van der Waals surface area contributed by atoms with Gasteiger partial charge < -0.3 is 10.0 Å². The summed E-state index contributed by atoms with van der Waals surface area (Å²) in [5.41, 5.74) is 0. The Hall–Kier alpha value is -0.570. The van der Waals surface area contributed by atoms with Gasteiger partial charge in [0, 0.05) is 12.5 Å². The second-order valence-electron chi connectivity index (χ2n) is 5.44. The summed E-state index contributed by atoms with van der Waals surface area (Å²) in [6, 6.07) is 0.594. The van der Waals surface area contributed by atoms with Crippen LogP contribution in [-0.2, 0) is 4.79 Å². The molecule has 2 saturated carbocycles. The first kappa shape index (κ1) is 9.64. The molecule has 0 radical (unpaired) electrons. The van der Waals surface area contributed by atoms with Crippen LogP contribution in [0.5, 0.6) is 0 Å². The monoisotopic (exact) mass is 209 g/mol. The van der Waals surface area contributed by atoms with Gasteiger partial charge in [-0.1, -0.05) is 6.92 Å². The highest BCUT2D eigenvalue weighted by Crippen LogP contribution is 2.49. The zero-order valence-electron chi connectivity index (χ0n) is 9.22. The van der Waals surface area contributed by atoms with Gasteiger partial charge in [0.05, 0.1) is 12.1 Å². The maximum atomic E-state index is 11.9. The van der Waals surface area contributed by atoms with E-state index < -0.39 is 0 Å². The Morgan fingerprint density at radius 2 is 2.13 bits per heavy atom. The number of piperidine rings is 2. The normalized spacial score (nSPS) is 47.3. The molecule has 4 bridgehead atoms. The summed E-state index contributed by atoms with van der Waals surface area (Å²) in [5.74, 6) is 1.50. The van der Waals surface area contributed by atoms with Gasteiger partial charge >= 0.3 is 0 Å². The first-order valence-corrected chi connectivity index (χ1v) is 6.20. The average Bonchev–Trinajstić information content (AvgIpc) is 2.24. The molecular weight excluding hydrogens is 190 g/mol. The van der Waals surface area contributed by atoms with Crippen LogP contribution in [0.3, 0.4) is 0 Å². The van der Waals surface area contributed by atoms with Crippen molar-refractivity contribution in [3.05, 3.63) is 0 Å². The van der Waals surface area contributed by atoms with Crippen LogP contribution in [0.4, 0.5) is 0 Å². The maximum absolute atomic E-state index is 11.9. The number of rotatable bonds is 1. The predicted octanol–water partition coefficient (Wildman–Crippen LogP) is 1.16. The molecule has 0 aromatic rings. The SMILES string of the molecule is CCC(=O)N1[C@H]2C[C@@H]3C[C@H](C2)[C@@H](O)[C@H]1C3. The van der Waals surface area contributed by atoms with Gasteiger partial charge in [-0.2, -0.15) is 0 Å². The Kier molecular flexibility index (Phi) is 2.06.